The zero-order valence-electron chi connectivity index (χ0n) is 11.4. The fraction of sp³-hybridized carbons (Fsp3) is 0.500. The van der Waals surface area contributed by atoms with Gasteiger partial charge in [0.2, 0.25) is 0 Å². The highest BCUT2D eigenvalue weighted by atomic mass is 19.4. The molecule has 1 fully saturated rings. The molecule has 1 aliphatic rings. The van der Waals surface area contributed by atoms with Crippen molar-refractivity contribution >= 4 is 11.8 Å². The van der Waals surface area contributed by atoms with Gasteiger partial charge >= 0.3 is 12.3 Å². The Labute approximate surface area is 120 Å². The summed E-state index contributed by atoms with van der Waals surface area (Å²) in [5.41, 5.74) is -0.741. The van der Waals surface area contributed by atoms with Crippen LogP contribution in [0.15, 0.2) is 24.3 Å². The minimum absolute atomic E-state index is 0.0670. The lowest BCUT2D eigenvalue weighted by Gasteiger charge is -2.11. The van der Waals surface area contributed by atoms with E-state index in [2.05, 4.69) is 10.6 Å². The molecule has 0 spiro atoms. The Morgan fingerprint density at radius 2 is 2.24 bits per heavy atom. The first-order valence-corrected chi connectivity index (χ1v) is 6.77. The summed E-state index contributed by atoms with van der Waals surface area (Å²) in [5.74, 6) is 0.492. The van der Waals surface area contributed by atoms with Crippen molar-refractivity contribution in [3.8, 4) is 0 Å². The third-order valence-electron chi connectivity index (χ3n) is 3.36. The number of alkyl halides is 3. The number of rotatable bonds is 4. The molecule has 2 N–H and O–H groups in total. The Morgan fingerprint density at radius 3 is 2.90 bits per heavy atom. The van der Waals surface area contributed by atoms with Gasteiger partial charge < -0.3 is 10.1 Å². The number of benzene rings is 1. The molecule has 1 amide bonds. The van der Waals surface area contributed by atoms with E-state index in [4.69, 9.17) is 4.74 Å². The lowest BCUT2D eigenvalue weighted by Crippen LogP contribution is -2.17. The summed E-state index contributed by atoms with van der Waals surface area (Å²) < 4.78 is 42.6. The lowest BCUT2D eigenvalue weighted by atomic mass is 10.1. The average molecular weight is 302 g/mol. The monoisotopic (exact) mass is 302 g/mol. The second kappa shape index (κ2) is 6.80. The smallest absolute Gasteiger partial charge is 0.416 e. The molecule has 1 saturated heterocycles. The van der Waals surface area contributed by atoms with Gasteiger partial charge in [-0.15, -0.1) is 0 Å². The predicted molar refractivity (Wildman–Crippen MR) is 72.0 cm³/mol. The van der Waals surface area contributed by atoms with E-state index in [1.54, 1.807) is 0 Å². The van der Waals surface area contributed by atoms with E-state index >= 15 is 0 Å². The van der Waals surface area contributed by atoms with Crippen LogP contribution >= 0.6 is 0 Å². The van der Waals surface area contributed by atoms with Gasteiger partial charge in [0.05, 0.1) is 12.2 Å². The largest absolute Gasteiger partial charge is 0.449 e. The van der Waals surface area contributed by atoms with Gasteiger partial charge in [0.15, 0.2) is 0 Å². The van der Waals surface area contributed by atoms with Crippen LogP contribution < -0.4 is 10.6 Å². The van der Waals surface area contributed by atoms with Crippen molar-refractivity contribution in [2.24, 2.45) is 5.92 Å². The standard InChI is InChI=1S/C14H17F3N2O2/c15-14(16,17)11-2-1-3-12(8-11)19-13(20)21-7-5-10-4-6-18-9-10/h1-3,8,10,18H,4-7,9H2,(H,19,20). The van der Waals surface area contributed by atoms with Gasteiger partial charge in [-0.1, -0.05) is 6.07 Å². The predicted octanol–water partition coefficient (Wildman–Crippen LogP) is 3.25. The fourth-order valence-corrected chi connectivity index (χ4v) is 2.21. The summed E-state index contributed by atoms with van der Waals surface area (Å²) in [4.78, 5) is 11.5. The second-order valence-corrected chi connectivity index (χ2v) is 4.99. The fourth-order valence-electron chi connectivity index (χ4n) is 2.21. The molecule has 21 heavy (non-hydrogen) atoms. The van der Waals surface area contributed by atoms with E-state index in [0.29, 0.717) is 5.92 Å². The number of hydrogen-bond acceptors (Lipinski definition) is 3. The molecule has 0 saturated carbocycles. The average Bonchev–Trinajstić information content (AvgIpc) is 2.91. The van der Waals surface area contributed by atoms with Crippen LogP contribution in [0.2, 0.25) is 0 Å². The number of carbonyl (C=O) groups is 1. The van der Waals surface area contributed by atoms with Crippen LogP contribution in [0.25, 0.3) is 0 Å². The summed E-state index contributed by atoms with van der Waals surface area (Å²) in [6.07, 6.45) is -3.36. The number of ether oxygens (including phenoxy) is 1. The van der Waals surface area contributed by atoms with Crippen molar-refractivity contribution in [1.29, 1.82) is 0 Å². The summed E-state index contributed by atoms with van der Waals surface area (Å²) in [7, 11) is 0. The van der Waals surface area contributed by atoms with Crippen molar-refractivity contribution in [3.05, 3.63) is 29.8 Å². The van der Waals surface area contributed by atoms with Gasteiger partial charge in [-0.3, -0.25) is 5.32 Å². The Hall–Kier alpha value is -1.76. The van der Waals surface area contributed by atoms with Gasteiger partial charge in [-0.2, -0.15) is 13.2 Å². The molecular formula is C14H17F3N2O2. The lowest BCUT2D eigenvalue weighted by molar-refractivity contribution is -0.137. The zero-order valence-corrected chi connectivity index (χ0v) is 11.4. The first-order chi connectivity index (χ1) is 9.95. The number of halogens is 3. The van der Waals surface area contributed by atoms with Crippen molar-refractivity contribution in [2.45, 2.75) is 19.0 Å². The highest BCUT2D eigenvalue weighted by Gasteiger charge is 2.30. The van der Waals surface area contributed by atoms with E-state index in [1.165, 1.54) is 12.1 Å². The molecule has 1 unspecified atom stereocenters. The molecule has 2 rings (SSSR count). The third kappa shape index (κ3) is 4.93. The Bertz CT molecular complexity index is 485. The number of hydrogen-bond donors (Lipinski definition) is 2. The number of amides is 1. The molecule has 4 nitrogen and oxygen atoms in total. The van der Waals surface area contributed by atoms with Gasteiger partial charge in [-0.25, -0.2) is 4.79 Å². The van der Waals surface area contributed by atoms with Crippen molar-refractivity contribution < 1.29 is 22.7 Å². The van der Waals surface area contributed by atoms with E-state index in [0.717, 1.165) is 38.1 Å². The Balaban J connectivity index is 1.79. The van der Waals surface area contributed by atoms with Crippen LogP contribution in [0.3, 0.4) is 0 Å². The summed E-state index contributed by atoms with van der Waals surface area (Å²) in [6.45, 7) is 2.15. The molecule has 0 aromatic heterocycles. The SMILES string of the molecule is O=C(Nc1cccc(C(F)(F)F)c1)OCCC1CCNC1. The van der Waals surface area contributed by atoms with Crippen LogP contribution in [-0.4, -0.2) is 25.8 Å². The molecule has 1 aromatic rings. The molecular weight excluding hydrogens is 285 g/mol. The molecule has 116 valence electrons. The number of carbonyl (C=O) groups excluding carboxylic acids is 1. The van der Waals surface area contributed by atoms with Crippen molar-refractivity contribution in [3.63, 3.8) is 0 Å². The Kier molecular flexibility index (Phi) is 5.06. The van der Waals surface area contributed by atoms with Gasteiger partial charge in [-0.05, 0) is 50.0 Å². The molecule has 0 aliphatic carbocycles. The normalized spacial score (nSPS) is 18.5. The van der Waals surface area contributed by atoms with E-state index in [-0.39, 0.29) is 12.3 Å². The molecule has 0 radical (unpaired) electrons. The van der Waals surface area contributed by atoms with Crippen LogP contribution in [0, 0.1) is 5.92 Å². The number of nitrogens with one attached hydrogen (secondary N) is 2. The van der Waals surface area contributed by atoms with Gasteiger partial charge in [0.25, 0.3) is 0 Å². The van der Waals surface area contributed by atoms with Crippen molar-refractivity contribution in [2.75, 3.05) is 25.0 Å². The quantitative estimate of drug-likeness (QED) is 0.897. The minimum Gasteiger partial charge on any atom is -0.449 e. The highest BCUT2D eigenvalue weighted by Crippen LogP contribution is 2.30. The second-order valence-electron chi connectivity index (χ2n) is 4.99. The number of anilines is 1. The maximum atomic E-state index is 12.5. The molecule has 0 bridgehead atoms. The van der Waals surface area contributed by atoms with Crippen LogP contribution in [0.5, 0.6) is 0 Å². The zero-order chi connectivity index (χ0) is 15.3. The molecule has 1 aliphatic heterocycles. The Morgan fingerprint density at radius 1 is 1.43 bits per heavy atom. The van der Waals surface area contributed by atoms with Crippen LogP contribution in [-0.2, 0) is 10.9 Å². The van der Waals surface area contributed by atoms with Gasteiger partial charge in [0, 0.05) is 5.69 Å². The minimum atomic E-state index is -4.43. The maximum Gasteiger partial charge on any atom is 0.416 e. The molecule has 1 atom stereocenters. The molecule has 1 aromatic carbocycles. The van der Waals surface area contributed by atoms with Crippen molar-refractivity contribution in [1.82, 2.24) is 5.32 Å². The summed E-state index contributed by atoms with van der Waals surface area (Å²) in [6, 6.07) is 4.45. The van der Waals surface area contributed by atoms with E-state index < -0.39 is 17.8 Å². The highest BCUT2D eigenvalue weighted by molar-refractivity contribution is 5.84. The van der Waals surface area contributed by atoms with Crippen LogP contribution in [0.4, 0.5) is 23.7 Å². The van der Waals surface area contributed by atoms with Gasteiger partial charge in [0.1, 0.15) is 0 Å². The summed E-state index contributed by atoms with van der Waals surface area (Å²) >= 11 is 0. The third-order valence-corrected chi connectivity index (χ3v) is 3.36. The first kappa shape index (κ1) is 15.6. The topological polar surface area (TPSA) is 50.4 Å². The van der Waals surface area contributed by atoms with E-state index in [1.807, 2.05) is 0 Å². The molecule has 1 heterocycles. The maximum absolute atomic E-state index is 12.5. The van der Waals surface area contributed by atoms with Crippen LogP contribution in [0.1, 0.15) is 18.4 Å². The van der Waals surface area contributed by atoms with E-state index in [9.17, 15) is 18.0 Å². The first-order valence-electron chi connectivity index (χ1n) is 6.77. The summed E-state index contributed by atoms with van der Waals surface area (Å²) in [5, 5.41) is 5.51. The molecule has 7 heteroatoms.